The third-order valence-electron chi connectivity index (χ3n) is 2.60. The Morgan fingerprint density at radius 3 is 3.08 bits per heavy atom. The number of hydrogen-bond acceptors (Lipinski definition) is 1. The van der Waals surface area contributed by atoms with Crippen LogP contribution in [0.2, 0.25) is 0 Å². The van der Waals surface area contributed by atoms with Crippen LogP contribution in [0.5, 0.6) is 0 Å². The fourth-order valence-corrected chi connectivity index (χ4v) is 1.88. The summed E-state index contributed by atoms with van der Waals surface area (Å²) in [6.45, 7) is 0. The Morgan fingerprint density at radius 2 is 2.25 bits per heavy atom. The van der Waals surface area contributed by atoms with E-state index < -0.39 is 5.67 Å². The van der Waals surface area contributed by atoms with E-state index in [1.54, 1.807) is 0 Å². The van der Waals surface area contributed by atoms with Gasteiger partial charge in [-0.05, 0) is 49.5 Å². The molecule has 0 radical (unpaired) electrons. The Kier molecular flexibility index (Phi) is 1.63. The molecule has 2 aliphatic rings. The van der Waals surface area contributed by atoms with Crippen LogP contribution >= 0.6 is 0 Å². The Morgan fingerprint density at radius 1 is 1.42 bits per heavy atom. The fourth-order valence-electron chi connectivity index (χ4n) is 1.88. The van der Waals surface area contributed by atoms with Gasteiger partial charge in [0.05, 0.1) is 0 Å². The summed E-state index contributed by atoms with van der Waals surface area (Å²) in [5, 5.41) is 0. The van der Waals surface area contributed by atoms with E-state index in [2.05, 4.69) is 0 Å². The highest BCUT2D eigenvalue weighted by Crippen LogP contribution is 2.39. The number of hydrogen-bond donors (Lipinski definition) is 0. The standard InChI is InChI=1S/C10H11FO/c11-10-5-2-1-3-8(10)7-9(12)4-6-10/h4,6-7H,1-3,5H2. The van der Waals surface area contributed by atoms with Gasteiger partial charge in [-0.1, -0.05) is 0 Å². The zero-order valence-corrected chi connectivity index (χ0v) is 6.85. The van der Waals surface area contributed by atoms with Crippen molar-refractivity contribution in [3.05, 3.63) is 23.8 Å². The smallest absolute Gasteiger partial charge is 0.178 e. The Bertz CT molecular complexity index is 278. The average molecular weight is 166 g/mol. The van der Waals surface area contributed by atoms with Crippen LogP contribution < -0.4 is 0 Å². The van der Waals surface area contributed by atoms with Crippen molar-refractivity contribution < 1.29 is 9.18 Å². The molecular weight excluding hydrogens is 155 g/mol. The number of halogens is 1. The van der Waals surface area contributed by atoms with Crippen LogP contribution in [0.3, 0.4) is 0 Å². The first kappa shape index (κ1) is 7.71. The number of fused-ring (bicyclic) bond motifs is 1. The third-order valence-corrected chi connectivity index (χ3v) is 2.60. The van der Waals surface area contributed by atoms with Crippen molar-refractivity contribution >= 4 is 5.78 Å². The minimum absolute atomic E-state index is 0.0693. The Balaban J connectivity index is 2.34. The van der Waals surface area contributed by atoms with Crippen molar-refractivity contribution in [1.82, 2.24) is 0 Å². The second-order valence-corrected chi connectivity index (χ2v) is 3.47. The topological polar surface area (TPSA) is 17.1 Å². The minimum Gasteiger partial charge on any atom is -0.290 e. The first-order valence-electron chi connectivity index (χ1n) is 4.34. The van der Waals surface area contributed by atoms with Crippen molar-refractivity contribution in [3.63, 3.8) is 0 Å². The van der Waals surface area contributed by atoms with Gasteiger partial charge in [0.15, 0.2) is 11.5 Å². The van der Waals surface area contributed by atoms with Gasteiger partial charge in [0, 0.05) is 0 Å². The molecule has 0 aromatic rings. The predicted octanol–water partition coefficient (Wildman–Crippen LogP) is 2.33. The molecule has 0 bridgehead atoms. The molecule has 0 aromatic carbocycles. The summed E-state index contributed by atoms with van der Waals surface area (Å²) < 4.78 is 13.9. The van der Waals surface area contributed by atoms with Gasteiger partial charge < -0.3 is 0 Å². The summed E-state index contributed by atoms with van der Waals surface area (Å²) in [4.78, 5) is 10.9. The second kappa shape index (κ2) is 2.54. The lowest BCUT2D eigenvalue weighted by molar-refractivity contribution is -0.110. The number of alkyl halides is 1. The molecule has 1 fully saturated rings. The maximum Gasteiger partial charge on any atom is 0.178 e. The van der Waals surface area contributed by atoms with Crippen molar-refractivity contribution in [2.45, 2.75) is 31.4 Å². The van der Waals surface area contributed by atoms with Crippen molar-refractivity contribution in [2.24, 2.45) is 0 Å². The normalized spacial score (nSPS) is 34.4. The molecule has 0 saturated heterocycles. The van der Waals surface area contributed by atoms with E-state index in [1.165, 1.54) is 18.2 Å². The number of rotatable bonds is 0. The molecule has 0 heterocycles. The van der Waals surface area contributed by atoms with E-state index in [9.17, 15) is 9.18 Å². The van der Waals surface area contributed by atoms with Crippen LogP contribution in [0, 0.1) is 0 Å². The molecule has 0 aliphatic heterocycles. The van der Waals surface area contributed by atoms with E-state index in [1.807, 2.05) is 0 Å². The van der Waals surface area contributed by atoms with Gasteiger partial charge in [0.25, 0.3) is 0 Å². The van der Waals surface area contributed by atoms with Crippen LogP contribution in [0.1, 0.15) is 25.7 Å². The molecular formula is C10H11FO. The number of allylic oxidation sites excluding steroid dienone is 4. The molecule has 12 heavy (non-hydrogen) atoms. The summed E-state index contributed by atoms with van der Waals surface area (Å²) in [5.41, 5.74) is -0.604. The van der Waals surface area contributed by atoms with Crippen molar-refractivity contribution in [3.8, 4) is 0 Å². The zero-order valence-electron chi connectivity index (χ0n) is 6.85. The Labute approximate surface area is 71.0 Å². The van der Waals surface area contributed by atoms with Crippen LogP contribution in [-0.4, -0.2) is 11.5 Å². The lowest BCUT2D eigenvalue weighted by Crippen LogP contribution is -2.29. The number of carbonyl (C=O) groups excluding carboxylic acids is 1. The Hall–Kier alpha value is -0.920. The molecule has 0 aromatic heterocycles. The molecule has 0 amide bonds. The molecule has 1 atom stereocenters. The predicted molar refractivity (Wildman–Crippen MR) is 44.5 cm³/mol. The van der Waals surface area contributed by atoms with E-state index in [-0.39, 0.29) is 5.78 Å². The molecule has 2 heteroatoms. The lowest BCUT2D eigenvalue weighted by Gasteiger charge is -2.31. The SMILES string of the molecule is O=C1C=CC2(F)CCCCC2=C1. The maximum atomic E-state index is 13.9. The minimum atomic E-state index is -1.29. The lowest BCUT2D eigenvalue weighted by atomic mass is 9.78. The number of ketones is 1. The first-order chi connectivity index (χ1) is 5.71. The van der Waals surface area contributed by atoms with Crippen LogP contribution in [-0.2, 0) is 4.79 Å². The van der Waals surface area contributed by atoms with E-state index in [0.29, 0.717) is 12.0 Å². The molecule has 1 nitrogen and oxygen atoms in total. The molecule has 1 unspecified atom stereocenters. The van der Waals surface area contributed by atoms with E-state index in [4.69, 9.17) is 0 Å². The van der Waals surface area contributed by atoms with Crippen LogP contribution in [0.15, 0.2) is 23.8 Å². The van der Waals surface area contributed by atoms with Crippen LogP contribution in [0.25, 0.3) is 0 Å². The molecule has 0 spiro atoms. The highest BCUT2D eigenvalue weighted by molar-refractivity contribution is 6.01. The summed E-state index contributed by atoms with van der Waals surface area (Å²) in [7, 11) is 0. The summed E-state index contributed by atoms with van der Waals surface area (Å²) in [6.07, 6.45) is 7.44. The maximum absolute atomic E-state index is 13.9. The highest BCUT2D eigenvalue weighted by atomic mass is 19.1. The molecule has 1 saturated carbocycles. The molecule has 64 valence electrons. The van der Waals surface area contributed by atoms with E-state index in [0.717, 1.165) is 19.3 Å². The van der Waals surface area contributed by atoms with Crippen molar-refractivity contribution in [1.29, 1.82) is 0 Å². The summed E-state index contributed by atoms with van der Waals surface area (Å²) in [6, 6.07) is 0. The first-order valence-corrected chi connectivity index (χ1v) is 4.34. The van der Waals surface area contributed by atoms with Gasteiger partial charge in [-0.2, -0.15) is 0 Å². The van der Waals surface area contributed by atoms with Gasteiger partial charge in [0.1, 0.15) is 0 Å². The summed E-state index contributed by atoms with van der Waals surface area (Å²) in [5.74, 6) is -0.0693. The second-order valence-electron chi connectivity index (χ2n) is 3.47. The number of carbonyl (C=O) groups is 1. The quantitative estimate of drug-likeness (QED) is 0.539. The largest absolute Gasteiger partial charge is 0.290 e. The van der Waals surface area contributed by atoms with E-state index >= 15 is 0 Å². The van der Waals surface area contributed by atoms with Gasteiger partial charge in [0.2, 0.25) is 0 Å². The fraction of sp³-hybridized carbons (Fsp3) is 0.500. The van der Waals surface area contributed by atoms with Gasteiger partial charge in [-0.15, -0.1) is 0 Å². The van der Waals surface area contributed by atoms with Gasteiger partial charge in [-0.25, -0.2) is 4.39 Å². The summed E-state index contributed by atoms with van der Waals surface area (Å²) >= 11 is 0. The molecule has 2 aliphatic carbocycles. The van der Waals surface area contributed by atoms with Crippen molar-refractivity contribution in [2.75, 3.05) is 0 Å². The van der Waals surface area contributed by atoms with Gasteiger partial charge >= 0.3 is 0 Å². The van der Waals surface area contributed by atoms with Gasteiger partial charge in [-0.3, -0.25) is 4.79 Å². The third kappa shape index (κ3) is 1.11. The van der Waals surface area contributed by atoms with Crippen LogP contribution in [0.4, 0.5) is 4.39 Å². The zero-order chi connectivity index (χ0) is 8.60. The molecule has 0 N–H and O–H groups in total. The monoisotopic (exact) mass is 166 g/mol. The average Bonchev–Trinajstić information content (AvgIpc) is 2.06. The molecule has 2 rings (SSSR count). The highest BCUT2D eigenvalue weighted by Gasteiger charge is 2.35.